The summed E-state index contributed by atoms with van der Waals surface area (Å²) >= 11 is 0. The van der Waals surface area contributed by atoms with Crippen molar-refractivity contribution in [1.82, 2.24) is 9.88 Å². The molecule has 0 bridgehead atoms. The largest absolute Gasteiger partial charge is 0.381 e. The van der Waals surface area contributed by atoms with E-state index in [1.807, 2.05) is 25.9 Å². The number of ketones is 1. The van der Waals surface area contributed by atoms with Gasteiger partial charge in [-0.25, -0.2) is 0 Å². The zero-order chi connectivity index (χ0) is 10.6. The monoisotopic (exact) mass is 190 g/mol. The number of rotatable bonds is 3. The van der Waals surface area contributed by atoms with Crippen LogP contribution in [-0.4, -0.2) is 29.8 Å². The van der Waals surface area contributed by atoms with Gasteiger partial charge in [-0.05, 0) is 19.1 Å². The van der Waals surface area contributed by atoms with Crippen LogP contribution in [0.15, 0.2) is 36.2 Å². The highest BCUT2D eigenvalue weighted by Gasteiger charge is 2.03. The summed E-state index contributed by atoms with van der Waals surface area (Å²) in [6, 6.07) is 5.31. The van der Waals surface area contributed by atoms with Crippen LogP contribution in [-0.2, 0) is 0 Å². The Morgan fingerprint density at radius 3 is 2.64 bits per heavy atom. The van der Waals surface area contributed by atoms with E-state index < -0.39 is 0 Å². The average molecular weight is 190 g/mol. The first-order valence-corrected chi connectivity index (χ1v) is 4.42. The van der Waals surface area contributed by atoms with E-state index in [4.69, 9.17) is 0 Å². The molecule has 0 aliphatic rings. The number of pyridine rings is 1. The Morgan fingerprint density at radius 1 is 1.43 bits per heavy atom. The predicted molar refractivity (Wildman–Crippen MR) is 56.0 cm³/mol. The Bertz CT molecular complexity index is 342. The summed E-state index contributed by atoms with van der Waals surface area (Å²) in [5.41, 5.74) is 1.40. The average Bonchev–Trinajstić information content (AvgIpc) is 2.19. The highest BCUT2D eigenvalue weighted by Crippen LogP contribution is 2.01. The molecule has 0 unspecified atom stereocenters. The maximum Gasteiger partial charge on any atom is 0.205 e. The van der Waals surface area contributed by atoms with Crippen LogP contribution in [0.5, 0.6) is 0 Å². The SMILES string of the molecule is CC(=CC(=O)c1ccccn1)N(C)C. The van der Waals surface area contributed by atoms with E-state index >= 15 is 0 Å². The molecule has 0 radical (unpaired) electrons. The van der Waals surface area contributed by atoms with Crippen molar-refractivity contribution in [2.45, 2.75) is 6.92 Å². The summed E-state index contributed by atoms with van der Waals surface area (Å²) in [6.07, 6.45) is 3.20. The lowest BCUT2D eigenvalue weighted by Crippen LogP contribution is -2.10. The molecule has 0 aliphatic carbocycles. The Balaban J connectivity index is 2.83. The lowest BCUT2D eigenvalue weighted by molar-refractivity contribution is 0.104. The van der Waals surface area contributed by atoms with Gasteiger partial charge in [0.2, 0.25) is 5.78 Å². The molecule has 1 aromatic rings. The summed E-state index contributed by atoms with van der Waals surface area (Å²) in [5, 5.41) is 0. The lowest BCUT2D eigenvalue weighted by Gasteiger charge is -2.11. The Morgan fingerprint density at radius 2 is 2.14 bits per heavy atom. The summed E-state index contributed by atoms with van der Waals surface area (Å²) in [5.74, 6) is -0.0585. The fourth-order valence-corrected chi connectivity index (χ4v) is 0.901. The quantitative estimate of drug-likeness (QED) is 0.537. The van der Waals surface area contributed by atoms with Crippen LogP contribution in [0.4, 0.5) is 0 Å². The molecule has 14 heavy (non-hydrogen) atoms. The standard InChI is InChI=1S/C11H14N2O/c1-9(13(2)3)8-11(14)10-6-4-5-7-12-10/h4-8H,1-3H3. The third-order valence-corrected chi connectivity index (χ3v) is 1.96. The highest BCUT2D eigenvalue weighted by atomic mass is 16.1. The lowest BCUT2D eigenvalue weighted by atomic mass is 10.2. The molecule has 0 saturated heterocycles. The van der Waals surface area contributed by atoms with Crippen molar-refractivity contribution in [1.29, 1.82) is 0 Å². The number of allylic oxidation sites excluding steroid dienone is 2. The molecule has 0 amide bonds. The van der Waals surface area contributed by atoms with Gasteiger partial charge in [0.25, 0.3) is 0 Å². The Kier molecular flexibility index (Phi) is 3.40. The molecule has 3 heteroatoms. The van der Waals surface area contributed by atoms with Crippen LogP contribution in [0.2, 0.25) is 0 Å². The van der Waals surface area contributed by atoms with Gasteiger partial charge in [-0.1, -0.05) is 6.07 Å². The van der Waals surface area contributed by atoms with Gasteiger partial charge in [0.1, 0.15) is 5.69 Å². The molecular formula is C11H14N2O. The fraction of sp³-hybridized carbons (Fsp3) is 0.273. The second-order valence-corrected chi connectivity index (χ2v) is 3.26. The molecule has 0 N–H and O–H groups in total. The van der Waals surface area contributed by atoms with E-state index in [2.05, 4.69) is 4.98 Å². The molecule has 1 aromatic heterocycles. The van der Waals surface area contributed by atoms with Crippen LogP contribution in [0.3, 0.4) is 0 Å². The van der Waals surface area contributed by atoms with Gasteiger partial charge in [-0.15, -0.1) is 0 Å². The van der Waals surface area contributed by atoms with E-state index in [1.54, 1.807) is 30.5 Å². The van der Waals surface area contributed by atoms with Crippen molar-refractivity contribution in [3.05, 3.63) is 41.9 Å². The topological polar surface area (TPSA) is 33.2 Å². The smallest absolute Gasteiger partial charge is 0.205 e. The summed E-state index contributed by atoms with van der Waals surface area (Å²) in [6.45, 7) is 1.89. The van der Waals surface area contributed by atoms with Gasteiger partial charge in [0.05, 0.1) is 0 Å². The van der Waals surface area contributed by atoms with Crippen LogP contribution in [0, 0.1) is 0 Å². The van der Waals surface area contributed by atoms with Crippen LogP contribution < -0.4 is 0 Å². The first-order valence-electron chi connectivity index (χ1n) is 4.42. The van der Waals surface area contributed by atoms with E-state index in [0.29, 0.717) is 5.69 Å². The summed E-state index contributed by atoms with van der Waals surface area (Å²) < 4.78 is 0. The molecule has 3 nitrogen and oxygen atoms in total. The van der Waals surface area contributed by atoms with Crippen LogP contribution >= 0.6 is 0 Å². The van der Waals surface area contributed by atoms with Gasteiger partial charge in [0.15, 0.2) is 0 Å². The molecule has 0 aromatic carbocycles. The molecular weight excluding hydrogens is 176 g/mol. The van der Waals surface area contributed by atoms with Gasteiger partial charge >= 0.3 is 0 Å². The summed E-state index contributed by atoms with van der Waals surface area (Å²) in [4.78, 5) is 17.5. The summed E-state index contributed by atoms with van der Waals surface area (Å²) in [7, 11) is 3.80. The molecule has 0 atom stereocenters. The minimum absolute atomic E-state index is 0.0585. The molecule has 1 rings (SSSR count). The number of hydrogen-bond acceptors (Lipinski definition) is 3. The number of nitrogens with zero attached hydrogens (tertiary/aromatic N) is 2. The molecule has 0 aliphatic heterocycles. The number of hydrogen-bond donors (Lipinski definition) is 0. The molecule has 74 valence electrons. The van der Waals surface area contributed by atoms with Gasteiger partial charge in [-0.2, -0.15) is 0 Å². The zero-order valence-electron chi connectivity index (χ0n) is 8.69. The minimum Gasteiger partial charge on any atom is -0.381 e. The third-order valence-electron chi connectivity index (χ3n) is 1.96. The minimum atomic E-state index is -0.0585. The maximum absolute atomic E-state index is 11.6. The fourth-order valence-electron chi connectivity index (χ4n) is 0.901. The van der Waals surface area contributed by atoms with Crippen LogP contribution in [0.1, 0.15) is 17.4 Å². The second-order valence-electron chi connectivity index (χ2n) is 3.26. The van der Waals surface area contributed by atoms with E-state index in [1.165, 1.54) is 0 Å². The van der Waals surface area contributed by atoms with Gasteiger partial charge in [0, 0.05) is 32.1 Å². The molecule has 1 heterocycles. The van der Waals surface area contributed by atoms with Crippen molar-refractivity contribution in [3.8, 4) is 0 Å². The maximum atomic E-state index is 11.6. The van der Waals surface area contributed by atoms with E-state index in [-0.39, 0.29) is 5.78 Å². The van der Waals surface area contributed by atoms with Gasteiger partial charge in [-0.3, -0.25) is 9.78 Å². The first-order chi connectivity index (χ1) is 6.61. The number of carbonyl (C=O) groups excluding carboxylic acids is 1. The molecule has 0 spiro atoms. The van der Waals surface area contributed by atoms with E-state index in [0.717, 1.165) is 5.70 Å². The normalized spacial score (nSPS) is 11.2. The van der Waals surface area contributed by atoms with Crippen molar-refractivity contribution in [2.24, 2.45) is 0 Å². The predicted octanol–water partition coefficient (Wildman–Crippen LogP) is 1.73. The van der Waals surface area contributed by atoms with E-state index in [9.17, 15) is 4.79 Å². The Hall–Kier alpha value is -1.64. The van der Waals surface area contributed by atoms with Crippen LogP contribution in [0.25, 0.3) is 0 Å². The van der Waals surface area contributed by atoms with Crippen molar-refractivity contribution >= 4 is 5.78 Å². The van der Waals surface area contributed by atoms with Gasteiger partial charge < -0.3 is 4.90 Å². The third kappa shape index (κ3) is 2.69. The zero-order valence-corrected chi connectivity index (χ0v) is 8.69. The Labute approximate surface area is 84.1 Å². The number of carbonyl (C=O) groups is 1. The van der Waals surface area contributed by atoms with Crippen molar-refractivity contribution < 1.29 is 4.79 Å². The first kappa shape index (κ1) is 10.4. The van der Waals surface area contributed by atoms with Crippen molar-refractivity contribution in [3.63, 3.8) is 0 Å². The van der Waals surface area contributed by atoms with Crippen molar-refractivity contribution in [2.75, 3.05) is 14.1 Å². The number of aromatic nitrogens is 1. The molecule has 0 saturated carbocycles. The highest BCUT2D eigenvalue weighted by molar-refractivity contribution is 6.03. The second kappa shape index (κ2) is 4.56. The molecule has 0 fully saturated rings.